The van der Waals surface area contributed by atoms with Gasteiger partial charge < -0.3 is 0 Å². The summed E-state index contributed by atoms with van der Waals surface area (Å²) in [6.45, 7) is 1.99. The van der Waals surface area contributed by atoms with Crippen molar-refractivity contribution >= 4 is 11.8 Å². The molecule has 0 atom stereocenters. The molecule has 0 N–H and O–H groups in total. The summed E-state index contributed by atoms with van der Waals surface area (Å²) in [5, 5.41) is 0. The smallest absolute Gasteiger partial charge is 0.138 e. The zero-order valence-electron chi connectivity index (χ0n) is 6.16. The second-order valence-electron chi connectivity index (χ2n) is 2.11. The van der Waals surface area contributed by atoms with E-state index in [1.165, 1.54) is 0 Å². The molecule has 0 fully saturated rings. The van der Waals surface area contributed by atoms with E-state index in [-0.39, 0.29) is 0 Å². The molecule has 0 spiro atoms. The maximum atomic E-state index is 4.14. The molecule has 1 rings (SSSR count). The topological polar surface area (TPSA) is 25.8 Å². The number of thioether (sulfide) groups is 1. The Morgan fingerprint density at radius 1 is 1.40 bits per heavy atom. The molecule has 10 heavy (non-hydrogen) atoms. The van der Waals surface area contributed by atoms with Crippen LogP contribution in [0.5, 0.6) is 0 Å². The van der Waals surface area contributed by atoms with Gasteiger partial charge in [-0.2, -0.15) is 11.8 Å². The van der Waals surface area contributed by atoms with Gasteiger partial charge in [0.15, 0.2) is 0 Å². The third kappa shape index (κ3) is 1.99. The van der Waals surface area contributed by atoms with Crippen LogP contribution in [0.2, 0.25) is 0 Å². The quantitative estimate of drug-likeness (QED) is 0.647. The van der Waals surface area contributed by atoms with Gasteiger partial charge in [-0.15, -0.1) is 0 Å². The van der Waals surface area contributed by atoms with Gasteiger partial charge in [0, 0.05) is 12.4 Å². The summed E-state index contributed by atoms with van der Waals surface area (Å²) in [7, 11) is 0. The van der Waals surface area contributed by atoms with Crippen LogP contribution in [0, 0.1) is 6.92 Å². The van der Waals surface area contributed by atoms with E-state index in [0.29, 0.717) is 0 Å². The van der Waals surface area contributed by atoms with Crippen LogP contribution in [0.3, 0.4) is 0 Å². The van der Waals surface area contributed by atoms with Crippen molar-refractivity contribution in [1.29, 1.82) is 0 Å². The predicted octanol–water partition coefficient (Wildman–Crippen LogP) is 1.65. The molecular weight excluding hydrogens is 144 g/mol. The van der Waals surface area contributed by atoms with Crippen molar-refractivity contribution in [3.8, 4) is 0 Å². The average molecular weight is 154 g/mol. The Morgan fingerprint density at radius 3 is 2.50 bits per heavy atom. The molecule has 0 bridgehead atoms. The summed E-state index contributed by atoms with van der Waals surface area (Å²) in [4.78, 5) is 8.27. The van der Waals surface area contributed by atoms with Crippen molar-refractivity contribution in [3.05, 3.63) is 23.8 Å². The zero-order valence-corrected chi connectivity index (χ0v) is 6.98. The lowest BCUT2D eigenvalue weighted by atomic mass is 10.4. The minimum atomic E-state index is 0.903. The van der Waals surface area contributed by atoms with E-state index in [0.717, 1.165) is 17.1 Å². The molecule has 0 aliphatic rings. The van der Waals surface area contributed by atoms with E-state index >= 15 is 0 Å². The Hall–Kier alpha value is -0.570. The first-order valence-corrected chi connectivity index (χ1v) is 4.49. The van der Waals surface area contributed by atoms with Crippen molar-refractivity contribution in [2.45, 2.75) is 12.7 Å². The third-order valence-electron chi connectivity index (χ3n) is 1.11. The van der Waals surface area contributed by atoms with Gasteiger partial charge in [0.1, 0.15) is 5.82 Å². The van der Waals surface area contributed by atoms with Crippen LogP contribution in [-0.4, -0.2) is 16.2 Å². The standard InChI is InChI=1S/C7H10N2S/c1-6-3-8-7(5-10-2)9-4-6/h3-4H,5H2,1-2H3. The van der Waals surface area contributed by atoms with Crippen molar-refractivity contribution in [2.24, 2.45) is 0 Å². The molecule has 3 heteroatoms. The van der Waals surface area contributed by atoms with Crippen molar-refractivity contribution in [1.82, 2.24) is 9.97 Å². The fourth-order valence-electron chi connectivity index (χ4n) is 0.623. The highest BCUT2D eigenvalue weighted by Crippen LogP contribution is 2.02. The van der Waals surface area contributed by atoms with E-state index in [1.807, 2.05) is 25.6 Å². The maximum Gasteiger partial charge on any atom is 0.138 e. The Balaban J connectivity index is 2.69. The van der Waals surface area contributed by atoms with E-state index in [4.69, 9.17) is 0 Å². The molecule has 0 saturated heterocycles. The number of hydrogen-bond acceptors (Lipinski definition) is 3. The molecule has 0 amide bonds. The summed E-state index contributed by atoms with van der Waals surface area (Å²) in [6.07, 6.45) is 5.74. The van der Waals surface area contributed by atoms with Gasteiger partial charge in [-0.1, -0.05) is 0 Å². The van der Waals surface area contributed by atoms with Crippen LogP contribution in [-0.2, 0) is 5.75 Å². The Kier molecular flexibility index (Phi) is 2.68. The van der Waals surface area contributed by atoms with E-state index in [2.05, 4.69) is 9.97 Å². The molecule has 54 valence electrons. The van der Waals surface area contributed by atoms with Crippen molar-refractivity contribution in [3.63, 3.8) is 0 Å². The van der Waals surface area contributed by atoms with Crippen LogP contribution in [0.15, 0.2) is 12.4 Å². The summed E-state index contributed by atoms with van der Waals surface area (Å²) >= 11 is 1.74. The fourth-order valence-corrected chi connectivity index (χ4v) is 1.03. The van der Waals surface area contributed by atoms with Gasteiger partial charge >= 0.3 is 0 Å². The van der Waals surface area contributed by atoms with Crippen molar-refractivity contribution < 1.29 is 0 Å². The third-order valence-corrected chi connectivity index (χ3v) is 1.65. The van der Waals surface area contributed by atoms with E-state index in [1.54, 1.807) is 11.8 Å². The van der Waals surface area contributed by atoms with Gasteiger partial charge in [-0.25, -0.2) is 9.97 Å². The molecule has 1 aromatic rings. The second-order valence-corrected chi connectivity index (χ2v) is 2.98. The van der Waals surface area contributed by atoms with Gasteiger partial charge in [-0.3, -0.25) is 0 Å². The summed E-state index contributed by atoms with van der Waals surface area (Å²) in [5.41, 5.74) is 1.12. The first kappa shape index (κ1) is 7.54. The Morgan fingerprint density at radius 2 is 2.00 bits per heavy atom. The van der Waals surface area contributed by atoms with Gasteiger partial charge in [0.25, 0.3) is 0 Å². The molecule has 0 radical (unpaired) electrons. The lowest BCUT2D eigenvalue weighted by Crippen LogP contribution is -1.91. The first-order chi connectivity index (χ1) is 4.83. The highest BCUT2D eigenvalue weighted by Gasteiger charge is 1.91. The summed E-state index contributed by atoms with van der Waals surface area (Å²) < 4.78 is 0. The van der Waals surface area contributed by atoms with Gasteiger partial charge in [-0.05, 0) is 18.7 Å². The second kappa shape index (κ2) is 3.56. The Labute approximate surface area is 65.1 Å². The lowest BCUT2D eigenvalue weighted by molar-refractivity contribution is 1.02. The minimum Gasteiger partial charge on any atom is -0.240 e. The molecule has 2 nitrogen and oxygen atoms in total. The van der Waals surface area contributed by atoms with Crippen LogP contribution < -0.4 is 0 Å². The maximum absolute atomic E-state index is 4.14. The zero-order chi connectivity index (χ0) is 7.40. The number of aryl methyl sites for hydroxylation is 1. The first-order valence-electron chi connectivity index (χ1n) is 3.09. The SMILES string of the molecule is CSCc1ncc(C)cn1. The van der Waals surface area contributed by atoms with Crippen LogP contribution in [0.25, 0.3) is 0 Å². The highest BCUT2D eigenvalue weighted by molar-refractivity contribution is 7.97. The number of rotatable bonds is 2. The number of aromatic nitrogens is 2. The predicted molar refractivity (Wildman–Crippen MR) is 44.0 cm³/mol. The molecule has 1 heterocycles. The summed E-state index contributed by atoms with van der Waals surface area (Å²) in [6, 6.07) is 0. The molecule has 0 unspecified atom stereocenters. The Bertz CT molecular complexity index is 195. The fraction of sp³-hybridized carbons (Fsp3) is 0.429. The monoisotopic (exact) mass is 154 g/mol. The number of nitrogens with zero attached hydrogens (tertiary/aromatic N) is 2. The molecule has 1 aromatic heterocycles. The average Bonchev–Trinajstić information content (AvgIpc) is 1.95. The van der Waals surface area contributed by atoms with E-state index in [9.17, 15) is 0 Å². The highest BCUT2D eigenvalue weighted by atomic mass is 32.2. The minimum absolute atomic E-state index is 0.903. The van der Waals surface area contributed by atoms with Gasteiger partial charge in [0.05, 0.1) is 5.75 Å². The molecular formula is C7H10N2S. The van der Waals surface area contributed by atoms with Gasteiger partial charge in [0.2, 0.25) is 0 Å². The largest absolute Gasteiger partial charge is 0.240 e. The molecule has 0 aliphatic carbocycles. The summed E-state index contributed by atoms with van der Waals surface area (Å²) in [5.74, 6) is 1.82. The number of hydrogen-bond donors (Lipinski definition) is 0. The van der Waals surface area contributed by atoms with Crippen LogP contribution in [0.1, 0.15) is 11.4 Å². The van der Waals surface area contributed by atoms with E-state index < -0.39 is 0 Å². The molecule has 0 aliphatic heterocycles. The normalized spacial score (nSPS) is 9.80. The van der Waals surface area contributed by atoms with Crippen molar-refractivity contribution in [2.75, 3.05) is 6.26 Å². The van der Waals surface area contributed by atoms with Crippen LogP contribution >= 0.6 is 11.8 Å². The molecule has 0 aromatic carbocycles. The van der Waals surface area contributed by atoms with Crippen LogP contribution in [0.4, 0.5) is 0 Å². The lowest BCUT2D eigenvalue weighted by Gasteiger charge is -1.94. The molecule has 0 saturated carbocycles.